The zero-order valence-corrected chi connectivity index (χ0v) is 8.69. The van der Waals surface area contributed by atoms with Gasteiger partial charge >= 0.3 is 0 Å². The van der Waals surface area contributed by atoms with Gasteiger partial charge in [0.2, 0.25) is 0 Å². The summed E-state index contributed by atoms with van der Waals surface area (Å²) < 4.78 is 1.26. The number of nitrogen functional groups attached to an aromatic ring is 1. The average molecular weight is 196 g/mol. The van der Waals surface area contributed by atoms with Crippen LogP contribution in [0.2, 0.25) is 0 Å². The van der Waals surface area contributed by atoms with Gasteiger partial charge in [0.05, 0.1) is 6.04 Å². The van der Waals surface area contributed by atoms with Gasteiger partial charge in [0.15, 0.2) is 0 Å². The minimum absolute atomic E-state index is 0.0901. The summed E-state index contributed by atoms with van der Waals surface area (Å²) in [6, 6.07) is 1.11. The molecule has 0 radical (unpaired) electrons. The van der Waals surface area contributed by atoms with E-state index in [0.29, 0.717) is 11.5 Å². The summed E-state index contributed by atoms with van der Waals surface area (Å²) in [5, 5.41) is 3.88. The summed E-state index contributed by atoms with van der Waals surface area (Å²) in [6.07, 6.45) is 0. The van der Waals surface area contributed by atoms with Crippen molar-refractivity contribution in [2.75, 3.05) is 5.73 Å². The van der Waals surface area contributed by atoms with Crippen molar-refractivity contribution in [3.8, 4) is 0 Å². The van der Waals surface area contributed by atoms with Gasteiger partial charge < -0.3 is 11.5 Å². The van der Waals surface area contributed by atoms with Crippen LogP contribution in [-0.4, -0.2) is 21.7 Å². The number of hydrogen-bond donors (Lipinski definition) is 2. The van der Waals surface area contributed by atoms with Crippen LogP contribution in [0, 0.1) is 12.8 Å². The first-order valence-electron chi connectivity index (χ1n) is 4.55. The smallest absolute Gasteiger partial charge is 0.264 e. The first-order valence-corrected chi connectivity index (χ1v) is 4.55. The maximum absolute atomic E-state index is 11.7. The number of carbonyl (C=O) groups excluding carboxylic acids is 1. The van der Waals surface area contributed by atoms with Crippen LogP contribution in [0.4, 0.5) is 5.82 Å². The molecule has 78 valence electrons. The molecule has 1 heterocycles. The van der Waals surface area contributed by atoms with Crippen LogP contribution >= 0.6 is 0 Å². The van der Waals surface area contributed by atoms with E-state index in [4.69, 9.17) is 11.5 Å². The molecule has 0 aliphatic heterocycles. The summed E-state index contributed by atoms with van der Waals surface area (Å²) in [4.78, 5) is 11.7. The molecule has 0 bridgehead atoms. The van der Waals surface area contributed by atoms with Crippen molar-refractivity contribution in [2.24, 2.45) is 11.7 Å². The Morgan fingerprint density at radius 3 is 2.50 bits per heavy atom. The van der Waals surface area contributed by atoms with E-state index in [1.54, 1.807) is 13.0 Å². The van der Waals surface area contributed by atoms with Crippen LogP contribution in [0.25, 0.3) is 0 Å². The van der Waals surface area contributed by atoms with E-state index in [-0.39, 0.29) is 11.8 Å². The monoisotopic (exact) mass is 196 g/mol. The molecule has 0 aliphatic rings. The normalized spacial score (nSPS) is 13.2. The number of nitrogens with zero attached hydrogens (tertiary/aromatic N) is 2. The summed E-state index contributed by atoms with van der Waals surface area (Å²) in [5.41, 5.74) is 11.9. The third kappa shape index (κ3) is 1.93. The van der Waals surface area contributed by atoms with Crippen molar-refractivity contribution in [1.82, 2.24) is 9.78 Å². The zero-order valence-electron chi connectivity index (χ0n) is 8.69. The fourth-order valence-corrected chi connectivity index (χ4v) is 1.15. The van der Waals surface area contributed by atoms with E-state index in [9.17, 15) is 4.79 Å². The molecule has 0 saturated carbocycles. The molecule has 1 rings (SSSR count). The third-order valence-corrected chi connectivity index (χ3v) is 2.12. The second kappa shape index (κ2) is 3.79. The predicted molar refractivity (Wildman–Crippen MR) is 54.8 cm³/mol. The van der Waals surface area contributed by atoms with Gasteiger partial charge in [-0.05, 0) is 12.8 Å². The van der Waals surface area contributed by atoms with Gasteiger partial charge in [-0.2, -0.15) is 0 Å². The summed E-state index contributed by atoms with van der Waals surface area (Å²) >= 11 is 0. The van der Waals surface area contributed by atoms with Crippen molar-refractivity contribution in [1.29, 1.82) is 0 Å². The maximum atomic E-state index is 11.7. The largest absolute Gasteiger partial charge is 0.382 e. The predicted octanol–water partition coefficient (Wildman–Crippen LogP) is 0.397. The standard InChI is InChI=1S/C9H16N4O/c1-5(2)8(11)9(14)13-6(3)4-7(10)12-13/h4-5,8H,11H2,1-3H3,(H2,10,12)/t8-/m0/s1. The number of rotatable bonds is 2. The molecule has 0 amide bonds. The van der Waals surface area contributed by atoms with Crippen LogP contribution in [0.5, 0.6) is 0 Å². The molecule has 4 N–H and O–H groups in total. The van der Waals surface area contributed by atoms with Crippen LogP contribution < -0.4 is 11.5 Å². The van der Waals surface area contributed by atoms with Gasteiger partial charge in [-0.15, -0.1) is 5.10 Å². The van der Waals surface area contributed by atoms with Gasteiger partial charge in [-0.1, -0.05) is 13.8 Å². The van der Waals surface area contributed by atoms with Crippen LogP contribution in [0.1, 0.15) is 24.3 Å². The van der Waals surface area contributed by atoms with Crippen molar-refractivity contribution in [2.45, 2.75) is 26.8 Å². The molecular weight excluding hydrogens is 180 g/mol. The third-order valence-electron chi connectivity index (χ3n) is 2.12. The lowest BCUT2D eigenvalue weighted by atomic mass is 10.1. The number of aryl methyl sites for hydroxylation is 1. The molecule has 1 aromatic heterocycles. The van der Waals surface area contributed by atoms with Crippen molar-refractivity contribution in [3.05, 3.63) is 11.8 Å². The molecule has 0 spiro atoms. The molecule has 0 unspecified atom stereocenters. The van der Waals surface area contributed by atoms with Gasteiger partial charge in [0.25, 0.3) is 5.91 Å². The zero-order chi connectivity index (χ0) is 10.9. The van der Waals surface area contributed by atoms with Crippen molar-refractivity contribution < 1.29 is 4.79 Å². The first-order chi connectivity index (χ1) is 6.43. The second-order valence-electron chi connectivity index (χ2n) is 3.73. The number of aromatic nitrogens is 2. The van der Waals surface area contributed by atoms with Gasteiger partial charge in [0, 0.05) is 11.8 Å². The summed E-state index contributed by atoms with van der Waals surface area (Å²) in [5.74, 6) is 0.216. The quantitative estimate of drug-likeness (QED) is 0.716. The highest BCUT2D eigenvalue weighted by Crippen LogP contribution is 2.08. The fraction of sp³-hybridized carbons (Fsp3) is 0.556. The van der Waals surface area contributed by atoms with E-state index in [0.717, 1.165) is 0 Å². The highest BCUT2D eigenvalue weighted by molar-refractivity contribution is 5.84. The molecule has 5 heteroatoms. The lowest BCUT2D eigenvalue weighted by molar-refractivity contribution is 0.0838. The number of hydrogen-bond acceptors (Lipinski definition) is 4. The molecule has 0 aromatic carbocycles. The summed E-state index contributed by atoms with van der Waals surface area (Å²) in [6.45, 7) is 5.56. The Labute approximate surface area is 83.1 Å². The minimum atomic E-state index is -0.534. The van der Waals surface area contributed by atoms with Crippen LogP contribution in [0.15, 0.2) is 6.07 Å². The minimum Gasteiger partial charge on any atom is -0.382 e. The Balaban J connectivity index is 2.95. The molecule has 14 heavy (non-hydrogen) atoms. The van der Waals surface area contributed by atoms with Crippen molar-refractivity contribution >= 4 is 11.7 Å². The molecule has 0 fully saturated rings. The molecule has 1 aromatic rings. The van der Waals surface area contributed by atoms with Crippen LogP contribution in [-0.2, 0) is 0 Å². The number of carbonyl (C=O) groups is 1. The Morgan fingerprint density at radius 1 is 1.57 bits per heavy atom. The Bertz CT molecular complexity index is 343. The lowest BCUT2D eigenvalue weighted by Gasteiger charge is -2.14. The Morgan fingerprint density at radius 2 is 2.14 bits per heavy atom. The SMILES string of the molecule is Cc1cc(N)nn1C(=O)[C@@H](N)C(C)C. The van der Waals surface area contributed by atoms with E-state index < -0.39 is 6.04 Å². The average Bonchev–Trinajstić information content (AvgIpc) is 2.42. The van der Waals surface area contributed by atoms with Crippen molar-refractivity contribution in [3.63, 3.8) is 0 Å². The maximum Gasteiger partial charge on any atom is 0.264 e. The van der Waals surface area contributed by atoms with E-state index in [2.05, 4.69) is 5.10 Å². The van der Waals surface area contributed by atoms with E-state index in [1.165, 1.54) is 4.68 Å². The molecule has 5 nitrogen and oxygen atoms in total. The molecule has 0 aliphatic carbocycles. The highest BCUT2D eigenvalue weighted by atomic mass is 16.2. The molecule has 1 atom stereocenters. The van der Waals surface area contributed by atoms with Gasteiger partial charge in [-0.25, -0.2) is 4.68 Å². The fourth-order valence-electron chi connectivity index (χ4n) is 1.15. The van der Waals surface area contributed by atoms with E-state index in [1.807, 2.05) is 13.8 Å². The first kappa shape index (κ1) is 10.7. The summed E-state index contributed by atoms with van der Waals surface area (Å²) in [7, 11) is 0. The topological polar surface area (TPSA) is 86.9 Å². The van der Waals surface area contributed by atoms with Gasteiger partial charge in [0.1, 0.15) is 5.82 Å². The lowest BCUT2D eigenvalue weighted by Crippen LogP contribution is -2.39. The number of nitrogens with two attached hydrogens (primary N) is 2. The molecular formula is C9H16N4O. The Hall–Kier alpha value is -1.36. The van der Waals surface area contributed by atoms with Gasteiger partial charge in [-0.3, -0.25) is 4.79 Å². The van der Waals surface area contributed by atoms with Crippen LogP contribution in [0.3, 0.4) is 0 Å². The second-order valence-corrected chi connectivity index (χ2v) is 3.73. The van der Waals surface area contributed by atoms with E-state index >= 15 is 0 Å². The Kier molecular flexibility index (Phi) is 2.90. The number of anilines is 1. The molecule has 0 saturated heterocycles. The highest BCUT2D eigenvalue weighted by Gasteiger charge is 2.21.